The summed E-state index contributed by atoms with van der Waals surface area (Å²) in [7, 11) is 3.22. The van der Waals surface area contributed by atoms with Gasteiger partial charge in [0.05, 0.1) is 19.9 Å². The van der Waals surface area contributed by atoms with Gasteiger partial charge in [0.15, 0.2) is 11.5 Å². The van der Waals surface area contributed by atoms with Crippen molar-refractivity contribution in [2.24, 2.45) is 0 Å². The predicted molar refractivity (Wildman–Crippen MR) is 67.2 cm³/mol. The van der Waals surface area contributed by atoms with E-state index in [9.17, 15) is 0 Å². The molecule has 0 aliphatic carbocycles. The Morgan fingerprint density at radius 3 is 2.35 bits per heavy atom. The van der Waals surface area contributed by atoms with Crippen LogP contribution in [0.25, 0.3) is 11.1 Å². The minimum atomic E-state index is 0.636. The predicted octanol–water partition coefficient (Wildman–Crippen LogP) is 2.35. The standard InChI is InChI=1S/C13H14N2O2/c1-16-12-4-3-9(6-13(12)17-2)10-5-11(14)8-15-7-10/h3-8H,14H2,1-2H3. The Hall–Kier alpha value is -2.23. The van der Waals surface area contributed by atoms with E-state index in [0.717, 1.165) is 11.1 Å². The van der Waals surface area contributed by atoms with Gasteiger partial charge in [0.1, 0.15) is 0 Å². The van der Waals surface area contributed by atoms with Crippen molar-refractivity contribution in [3.8, 4) is 22.6 Å². The highest BCUT2D eigenvalue weighted by Gasteiger charge is 2.06. The molecule has 17 heavy (non-hydrogen) atoms. The minimum absolute atomic E-state index is 0.636. The normalized spacial score (nSPS) is 10.0. The monoisotopic (exact) mass is 230 g/mol. The van der Waals surface area contributed by atoms with Crippen LogP contribution in [0.15, 0.2) is 36.7 Å². The summed E-state index contributed by atoms with van der Waals surface area (Å²) in [6.07, 6.45) is 3.38. The van der Waals surface area contributed by atoms with E-state index in [-0.39, 0.29) is 0 Å². The largest absolute Gasteiger partial charge is 0.493 e. The molecule has 1 aromatic heterocycles. The van der Waals surface area contributed by atoms with E-state index >= 15 is 0 Å². The molecule has 88 valence electrons. The van der Waals surface area contributed by atoms with Crippen LogP contribution >= 0.6 is 0 Å². The van der Waals surface area contributed by atoms with Crippen LogP contribution in [-0.2, 0) is 0 Å². The second-order valence-electron chi connectivity index (χ2n) is 3.58. The lowest BCUT2D eigenvalue weighted by Crippen LogP contribution is -1.92. The molecule has 0 unspecified atom stereocenters. The molecule has 4 heteroatoms. The summed E-state index contributed by atoms with van der Waals surface area (Å²) in [5, 5.41) is 0. The first kappa shape index (κ1) is 11.3. The van der Waals surface area contributed by atoms with Gasteiger partial charge in [-0.15, -0.1) is 0 Å². The molecule has 1 aromatic carbocycles. The van der Waals surface area contributed by atoms with Crippen LogP contribution in [0.5, 0.6) is 11.5 Å². The summed E-state index contributed by atoms with van der Waals surface area (Å²) >= 11 is 0. The zero-order valence-electron chi connectivity index (χ0n) is 9.81. The number of aromatic nitrogens is 1. The average Bonchev–Trinajstić information content (AvgIpc) is 2.38. The van der Waals surface area contributed by atoms with Gasteiger partial charge in [0.2, 0.25) is 0 Å². The number of nitrogens with zero attached hydrogens (tertiary/aromatic N) is 1. The summed E-state index contributed by atoms with van der Waals surface area (Å²) in [5.74, 6) is 1.39. The molecule has 0 bridgehead atoms. The van der Waals surface area contributed by atoms with Crippen molar-refractivity contribution < 1.29 is 9.47 Å². The maximum atomic E-state index is 5.70. The van der Waals surface area contributed by atoms with Crippen LogP contribution in [-0.4, -0.2) is 19.2 Å². The van der Waals surface area contributed by atoms with E-state index in [2.05, 4.69) is 4.98 Å². The second kappa shape index (κ2) is 4.74. The molecular formula is C13H14N2O2. The molecule has 1 heterocycles. The highest BCUT2D eigenvalue weighted by molar-refractivity contribution is 5.68. The third-order valence-corrected chi connectivity index (χ3v) is 2.48. The summed E-state index contributed by atoms with van der Waals surface area (Å²) in [4.78, 5) is 4.06. The van der Waals surface area contributed by atoms with E-state index in [1.165, 1.54) is 0 Å². The van der Waals surface area contributed by atoms with Crippen LogP contribution in [0.4, 0.5) is 5.69 Å². The number of nitrogen functional groups attached to an aromatic ring is 1. The third kappa shape index (κ3) is 2.30. The van der Waals surface area contributed by atoms with Crippen LogP contribution < -0.4 is 15.2 Å². The molecule has 0 atom stereocenters. The van der Waals surface area contributed by atoms with Gasteiger partial charge in [-0.05, 0) is 23.8 Å². The van der Waals surface area contributed by atoms with E-state index in [1.54, 1.807) is 26.6 Å². The Kier molecular flexibility index (Phi) is 3.14. The molecule has 2 rings (SSSR count). The third-order valence-electron chi connectivity index (χ3n) is 2.48. The molecule has 2 N–H and O–H groups in total. The van der Waals surface area contributed by atoms with Gasteiger partial charge in [-0.1, -0.05) is 6.07 Å². The molecule has 0 aliphatic rings. The quantitative estimate of drug-likeness (QED) is 0.879. The number of hydrogen-bond acceptors (Lipinski definition) is 4. The van der Waals surface area contributed by atoms with Gasteiger partial charge in [0, 0.05) is 18.0 Å². The Morgan fingerprint density at radius 1 is 0.941 bits per heavy atom. The topological polar surface area (TPSA) is 57.4 Å². The zero-order chi connectivity index (χ0) is 12.3. The van der Waals surface area contributed by atoms with Gasteiger partial charge >= 0.3 is 0 Å². The van der Waals surface area contributed by atoms with Gasteiger partial charge in [-0.2, -0.15) is 0 Å². The van der Waals surface area contributed by atoms with Crippen LogP contribution in [0.1, 0.15) is 0 Å². The summed E-state index contributed by atoms with van der Waals surface area (Å²) < 4.78 is 10.4. The molecule has 0 saturated carbocycles. The van der Waals surface area contributed by atoms with Crippen molar-refractivity contribution in [2.45, 2.75) is 0 Å². The van der Waals surface area contributed by atoms with Gasteiger partial charge in [-0.25, -0.2) is 0 Å². The SMILES string of the molecule is COc1ccc(-c2cncc(N)c2)cc1OC. The number of nitrogens with two attached hydrogens (primary N) is 1. The number of pyridine rings is 1. The molecule has 0 spiro atoms. The molecular weight excluding hydrogens is 216 g/mol. The van der Waals surface area contributed by atoms with Crippen molar-refractivity contribution in [2.75, 3.05) is 20.0 Å². The Balaban J connectivity index is 2.46. The molecule has 0 fully saturated rings. The minimum Gasteiger partial charge on any atom is -0.493 e. The maximum Gasteiger partial charge on any atom is 0.161 e. The van der Waals surface area contributed by atoms with Crippen LogP contribution in [0.3, 0.4) is 0 Å². The number of methoxy groups -OCH3 is 2. The molecule has 0 amide bonds. The fourth-order valence-electron chi connectivity index (χ4n) is 1.63. The Morgan fingerprint density at radius 2 is 1.71 bits per heavy atom. The number of anilines is 1. The lowest BCUT2D eigenvalue weighted by molar-refractivity contribution is 0.355. The van der Waals surface area contributed by atoms with Crippen LogP contribution in [0.2, 0.25) is 0 Å². The van der Waals surface area contributed by atoms with Crippen molar-refractivity contribution in [3.63, 3.8) is 0 Å². The van der Waals surface area contributed by atoms with Gasteiger partial charge < -0.3 is 15.2 Å². The fourth-order valence-corrected chi connectivity index (χ4v) is 1.63. The van der Waals surface area contributed by atoms with Crippen molar-refractivity contribution in [1.82, 2.24) is 4.98 Å². The fraction of sp³-hybridized carbons (Fsp3) is 0.154. The Labute approximate surface area is 100 Å². The summed E-state index contributed by atoms with van der Waals surface area (Å²) in [6.45, 7) is 0. The smallest absolute Gasteiger partial charge is 0.161 e. The lowest BCUT2D eigenvalue weighted by Gasteiger charge is -2.09. The van der Waals surface area contributed by atoms with Gasteiger partial charge in [-0.3, -0.25) is 4.98 Å². The number of hydrogen-bond donors (Lipinski definition) is 1. The van der Waals surface area contributed by atoms with E-state index in [0.29, 0.717) is 17.2 Å². The number of benzene rings is 1. The van der Waals surface area contributed by atoms with Crippen molar-refractivity contribution in [1.29, 1.82) is 0 Å². The van der Waals surface area contributed by atoms with Crippen molar-refractivity contribution in [3.05, 3.63) is 36.7 Å². The molecule has 0 saturated heterocycles. The highest BCUT2D eigenvalue weighted by Crippen LogP contribution is 2.32. The molecule has 2 aromatic rings. The van der Waals surface area contributed by atoms with E-state index < -0.39 is 0 Å². The molecule has 0 aliphatic heterocycles. The Bertz CT molecular complexity index is 527. The first-order chi connectivity index (χ1) is 8.24. The first-order valence-electron chi connectivity index (χ1n) is 5.17. The van der Waals surface area contributed by atoms with Crippen LogP contribution in [0, 0.1) is 0 Å². The number of ether oxygens (including phenoxy) is 2. The maximum absolute atomic E-state index is 5.70. The van der Waals surface area contributed by atoms with E-state index in [4.69, 9.17) is 15.2 Å². The second-order valence-corrected chi connectivity index (χ2v) is 3.58. The molecule has 0 radical (unpaired) electrons. The summed E-state index contributed by atoms with van der Waals surface area (Å²) in [5.41, 5.74) is 8.28. The number of rotatable bonds is 3. The first-order valence-corrected chi connectivity index (χ1v) is 5.17. The van der Waals surface area contributed by atoms with E-state index in [1.807, 2.05) is 24.3 Å². The lowest BCUT2D eigenvalue weighted by atomic mass is 10.1. The average molecular weight is 230 g/mol. The highest BCUT2D eigenvalue weighted by atomic mass is 16.5. The zero-order valence-corrected chi connectivity index (χ0v) is 9.81. The summed E-state index contributed by atoms with van der Waals surface area (Å²) in [6, 6.07) is 7.57. The van der Waals surface area contributed by atoms with Crippen molar-refractivity contribution >= 4 is 5.69 Å². The van der Waals surface area contributed by atoms with Gasteiger partial charge in [0.25, 0.3) is 0 Å². The molecule has 4 nitrogen and oxygen atoms in total.